The summed E-state index contributed by atoms with van der Waals surface area (Å²) in [5, 5.41) is 0.793. The Labute approximate surface area is 121 Å². The smallest absolute Gasteiger partial charge is 0.0470 e. The van der Waals surface area contributed by atoms with E-state index in [1.54, 1.807) is 0 Å². The van der Waals surface area contributed by atoms with Gasteiger partial charge in [0.25, 0.3) is 0 Å². The van der Waals surface area contributed by atoms with Crippen LogP contribution in [-0.2, 0) is 0 Å². The Bertz CT molecular complexity index is 377. The van der Waals surface area contributed by atoms with Gasteiger partial charge in [0.1, 0.15) is 0 Å². The number of rotatable bonds is 4. The van der Waals surface area contributed by atoms with Gasteiger partial charge in [0.15, 0.2) is 0 Å². The summed E-state index contributed by atoms with van der Waals surface area (Å²) in [6.45, 7) is 5.32. The Kier molecular flexibility index (Phi) is 5.68. The molecule has 1 saturated heterocycles. The van der Waals surface area contributed by atoms with Crippen molar-refractivity contribution < 1.29 is 0 Å². The molecule has 0 saturated carbocycles. The van der Waals surface area contributed by atoms with Gasteiger partial charge in [0, 0.05) is 17.6 Å². The van der Waals surface area contributed by atoms with E-state index in [2.05, 4.69) is 24.0 Å². The molecule has 1 aromatic carbocycles. The summed E-state index contributed by atoms with van der Waals surface area (Å²) in [6.07, 6.45) is 5.27. The van der Waals surface area contributed by atoms with Crippen molar-refractivity contribution in [3.63, 3.8) is 0 Å². The van der Waals surface area contributed by atoms with Crippen molar-refractivity contribution in [2.24, 2.45) is 11.7 Å². The third-order valence-corrected chi connectivity index (χ3v) is 4.63. The Morgan fingerprint density at radius 1 is 1.26 bits per heavy atom. The SMILES string of the molecule is CCC1CCCN(C(CN)c2ccc(Cl)cc2)CC1. The Morgan fingerprint density at radius 3 is 2.63 bits per heavy atom. The second-order valence-corrected chi connectivity index (χ2v) is 5.98. The van der Waals surface area contributed by atoms with E-state index < -0.39 is 0 Å². The first-order valence-electron chi connectivity index (χ1n) is 7.44. The molecule has 0 radical (unpaired) electrons. The normalized spacial score (nSPS) is 23.0. The fourth-order valence-corrected chi connectivity index (χ4v) is 3.21. The van der Waals surface area contributed by atoms with Crippen LogP contribution in [-0.4, -0.2) is 24.5 Å². The molecule has 2 atom stereocenters. The monoisotopic (exact) mass is 280 g/mol. The number of benzene rings is 1. The van der Waals surface area contributed by atoms with Crippen LogP contribution in [0.2, 0.25) is 5.02 Å². The summed E-state index contributed by atoms with van der Waals surface area (Å²) in [6, 6.07) is 8.50. The van der Waals surface area contributed by atoms with E-state index >= 15 is 0 Å². The summed E-state index contributed by atoms with van der Waals surface area (Å²) in [5.41, 5.74) is 7.31. The van der Waals surface area contributed by atoms with Crippen LogP contribution in [0, 0.1) is 5.92 Å². The molecule has 106 valence electrons. The van der Waals surface area contributed by atoms with Crippen LogP contribution >= 0.6 is 11.6 Å². The zero-order valence-corrected chi connectivity index (χ0v) is 12.6. The number of hydrogen-bond donors (Lipinski definition) is 1. The maximum atomic E-state index is 6.02. The van der Waals surface area contributed by atoms with E-state index in [9.17, 15) is 0 Å². The van der Waals surface area contributed by atoms with Crippen LogP contribution in [0.5, 0.6) is 0 Å². The molecular weight excluding hydrogens is 256 g/mol. The van der Waals surface area contributed by atoms with E-state index in [1.807, 2.05) is 12.1 Å². The minimum atomic E-state index is 0.341. The highest BCUT2D eigenvalue weighted by molar-refractivity contribution is 6.30. The number of likely N-dealkylation sites (tertiary alicyclic amines) is 1. The Balaban J connectivity index is 2.06. The molecule has 2 unspecified atom stereocenters. The maximum absolute atomic E-state index is 6.02. The Morgan fingerprint density at radius 2 is 2.00 bits per heavy atom. The van der Waals surface area contributed by atoms with Gasteiger partial charge in [-0.25, -0.2) is 0 Å². The van der Waals surface area contributed by atoms with Gasteiger partial charge in [-0.05, 0) is 56.0 Å². The minimum absolute atomic E-state index is 0.341. The van der Waals surface area contributed by atoms with Crippen molar-refractivity contribution >= 4 is 11.6 Å². The molecule has 0 bridgehead atoms. The molecule has 0 aliphatic carbocycles. The zero-order valence-electron chi connectivity index (χ0n) is 11.8. The summed E-state index contributed by atoms with van der Waals surface area (Å²) in [4.78, 5) is 2.55. The van der Waals surface area contributed by atoms with Gasteiger partial charge in [-0.15, -0.1) is 0 Å². The van der Waals surface area contributed by atoms with Crippen LogP contribution in [0.4, 0.5) is 0 Å². The zero-order chi connectivity index (χ0) is 13.7. The third kappa shape index (κ3) is 3.95. The maximum Gasteiger partial charge on any atom is 0.0470 e. The lowest BCUT2D eigenvalue weighted by Gasteiger charge is -2.30. The number of hydrogen-bond acceptors (Lipinski definition) is 2. The van der Waals surface area contributed by atoms with Crippen LogP contribution in [0.1, 0.15) is 44.2 Å². The van der Waals surface area contributed by atoms with Gasteiger partial charge >= 0.3 is 0 Å². The van der Waals surface area contributed by atoms with E-state index in [-0.39, 0.29) is 0 Å². The minimum Gasteiger partial charge on any atom is -0.329 e. The molecule has 19 heavy (non-hydrogen) atoms. The first-order chi connectivity index (χ1) is 9.24. The molecule has 2 N–H and O–H groups in total. The fraction of sp³-hybridized carbons (Fsp3) is 0.625. The molecule has 1 heterocycles. The van der Waals surface area contributed by atoms with E-state index in [4.69, 9.17) is 17.3 Å². The average Bonchev–Trinajstić information content (AvgIpc) is 2.67. The second-order valence-electron chi connectivity index (χ2n) is 5.54. The highest BCUT2D eigenvalue weighted by Crippen LogP contribution is 2.27. The Hall–Kier alpha value is -0.570. The molecule has 1 fully saturated rings. The predicted molar refractivity (Wildman–Crippen MR) is 82.5 cm³/mol. The third-order valence-electron chi connectivity index (χ3n) is 4.38. The lowest BCUT2D eigenvalue weighted by atomic mass is 9.98. The van der Waals surface area contributed by atoms with Gasteiger partial charge in [-0.2, -0.15) is 0 Å². The second kappa shape index (κ2) is 7.28. The van der Waals surface area contributed by atoms with Crippen molar-refractivity contribution in [2.45, 2.75) is 38.6 Å². The molecule has 2 rings (SSSR count). The highest BCUT2D eigenvalue weighted by Gasteiger charge is 2.22. The van der Waals surface area contributed by atoms with Gasteiger partial charge in [-0.1, -0.05) is 37.1 Å². The number of halogens is 1. The van der Waals surface area contributed by atoms with E-state index in [1.165, 1.54) is 44.3 Å². The largest absolute Gasteiger partial charge is 0.329 e. The van der Waals surface area contributed by atoms with Crippen LogP contribution < -0.4 is 5.73 Å². The standard InChI is InChI=1S/C16H25ClN2/c1-2-13-4-3-10-19(11-9-13)16(12-18)14-5-7-15(17)8-6-14/h5-8,13,16H,2-4,9-12,18H2,1H3. The molecule has 0 amide bonds. The molecule has 1 aliphatic heterocycles. The first kappa shape index (κ1) is 14.8. The quantitative estimate of drug-likeness (QED) is 0.908. The molecule has 0 spiro atoms. The van der Waals surface area contributed by atoms with Crippen molar-refractivity contribution in [2.75, 3.05) is 19.6 Å². The van der Waals surface area contributed by atoms with Crippen LogP contribution in [0.15, 0.2) is 24.3 Å². The van der Waals surface area contributed by atoms with Gasteiger partial charge in [-0.3, -0.25) is 4.90 Å². The molecular formula is C16H25ClN2. The van der Waals surface area contributed by atoms with Gasteiger partial charge in [0.05, 0.1) is 0 Å². The highest BCUT2D eigenvalue weighted by atomic mass is 35.5. The fourth-order valence-electron chi connectivity index (χ4n) is 3.09. The van der Waals surface area contributed by atoms with Crippen molar-refractivity contribution in [3.05, 3.63) is 34.9 Å². The molecule has 1 aromatic rings. The number of nitrogens with two attached hydrogens (primary N) is 1. The molecule has 2 nitrogen and oxygen atoms in total. The van der Waals surface area contributed by atoms with Gasteiger partial charge < -0.3 is 5.73 Å². The van der Waals surface area contributed by atoms with Gasteiger partial charge in [0.2, 0.25) is 0 Å². The van der Waals surface area contributed by atoms with Crippen molar-refractivity contribution in [1.29, 1.82) is 0 Å². The lowest BCUT2D eigenvalue weighted by molar-refractivity contribution is 0.207. The molecule has 1 aliphatic rings. The molecule has 3 heteroatoms. The van der Waals surface area contributed by atoms with Crippen molar-refractivity contribution in [1.82, 2.24) is 4.90 Å². The topological polar surface area (TPSA) is 29.3 Å². The summed E-state index contributed by atoms with van der Waals surface area (Å²) in [7, 11) is 0. The number of nitrogens with zero attached hydrogens (tertiary/aromatic N) is 1. The first-order valence-corrected chi connectivity index (χ1v) is 7.82. The van der Waals surface area contributed by atoms with E-state index in [0.29, 0.717) is 12.6 Å². The summed E-state index contributed by atoms with van der Waals surface area (Å²) < 4.78 is 0. The predicted octanol–water partition coefficient (Wildman–Crippen LogP) is 3.85. The van der Waals surface area contributed by atoms with Crippen LogP contribution in [0.25, 0.3) is 0 Å². The summed E-state index contributed by atoms with van der Waals surface area (Å²) >= 11 is 5.96. The molecule has 0 aromatic heterocycles. The lowest BCUT2D eigenvalue weighted by Crippen LogP contribution is -2.34. The summed E-state index contributed by atoms with van der Waals surface area (Å²) in [5.74, 6) is 0.897. The van der Waals surface area contributed by atoms with Crippen molar-refractivity contribution in [3.8, 4) is 0 Å². The van der Waals surface area contributed by atoms with Crippen LogP contribution in [0.3, 0.4) is 0 Å². The average molecular weight is 281 g/mol. The van der Waals surface area contributed by atoms with E-state index in [0.717, 1.165) is 10.9 Å².